The van der Waals surface area contributed by atoms with Gasteiger partial charge in [-0.2, -0.15) is 0 Å². The van der Waals surface area contributed by atoms with E-state index in [0.717, 1.165) is 10.9 Å². The Morgan fingerprint density at radius 1 is 1.19 bits per heavy atom. The fourth-order valence-electron chi connectivity index (χ4n) is 1.75. The van der Waals surface area contributed by atoms with Crippen molar-refractivity contribution in [2.45, 2.75) is 12.3 Å². The smallest absolute Gasteiger partial charge is 0.0503 e. The second kappa shape index (κ2) is 5.62. The Kier molecular flexibility index (Phi) is 4.16. The van der Waals surface area contributed by atoms with Gasteiger partial charge in [-0.25, -0.2) is 0 Å². The van der Waals surface area contributed by atoms with E-state index in [1.54, 1.807) is 11.3 Å². The number of halogens is 1. The summed E-state index contributed by atoms with van der Waals surface area (Å²) in [5.41, 5.74) is 1.18. The first-order valence-electron chi connectivity index (χ1n) is 5.19. The van der Waals surface area contributed by atoms with Gasteiger partial charge in [0.05, 0.1) is 6.61 Å². The van der Waals surface area contributed by atoms with Crippen LogP contribution in [0.3, 0.4) is 0 Å². The van der Waals surface area contributed by atoms with Crippen molar-refractivity contribution in [2.24, 2.45) is 0 Å². The van der Waals surface area contributed by atoms with Crippen LogP contribution in [0.5, 0.6) is 0 Å². The minimum Gasteiger partial charge on any atom is -0.396 e. The van der Waals surface area contributed by atoms with E-state index in [1.165, 1.54) is 10.4 Å². The third kappa shape index (κ3) is 2.73. The number of hydrogen-bond donors (Lipinski definition) is 1. The van der Waals surface area contributed by atoms with Crippen molar-refractivity contribution in [1.29, 1.82) is 0 Å². The van der Waals surface area contributed by atoms with Gasteiger partial charge in [0.15, 0.2) is 0 Å². The maximum absolute atomic E-state index is 9.49. The summed E-state index contributed by atoms with van der Waals surface area (Å²) in [4.78, 5) is 1.31. The highest BCUT2D eigenvalue weighted by molar-refractivity contribution is 9.10. The normalized spacial score (nSPS) is 12.6. The highest BCUT2D eigenvalue weighted by atomic mass is 79.9. The molecule has 0 saturated heterocycles. The second-order valence-electron chi connectivity index (χ2n) is 3.68. The monoisotopic (exact) mass is 296 g/mol. The Morgan fingerprint density at radius 2 is 2.00 bits per heavy atom. The molecule has 0 radical (unpaired) electrons. The first-order valence-corrected chi connectivity index (χ1v) is 6.86. The molecule has 1 atom stereocenters. The van der Waals surface area contributed by atoms with E-state index in [-0.39, 0.29) is 12.5 Å². The molecule has 0 amide bonds. The molecule has 84 valence electrons. The lowest BCUT2D eigenvalue weighted by Crippen LogP contribution is -2.07. The molecule has 0 fully saturated rings. The zero-order valence-electron chi connectivity index (χ0n) is 8.77. The largest absolute Gasteiger partial charge is 0.396 e. The second-order valence-corrected chi connectivity index (χ2v) is 5.57. The van der Waals surface area contributed by atoms with Crippen LogP contribution in [0.4, 0.5) is 0 Å². The summed E-state index contributed by atoms with van der Waals surface area (Å²) in [6.07, 6.45) is 0.900. The number of benzene rings is 1. The molecule has 1 aromatic heterocycles. The Hall–Kier alpha value is -0.640. The molecule has 0 saturated carbocycles. The molecule has 2 rings (SSSR count). The van der Waals surface area contributed by atoms with Crippen LogP contribution in [-0.4, -0.2) is 11.7 Å². The Morgan fingerprint density at radius 3 is 2.62 bits per heavy atom. The summed E-state index contributed by atoms with van der Waals surface area (Å²) in [6.45, 7) is 0.181. The van der Waals surface area contributed by atoms with E-state index in [4.69, 9.17) is 0 Å². The van der Waals surface area contributed by atoms with Crippen LogP contribution in [0, 0.1) is 0 Å². The summed E-state index contributed by atoms with van der Waals surface area (Å²) >= 11 is 5.27. The van der Waals surface area contributed by atoms with E-state index >= 15 is 0 Å². The summed E-state index contributed by atoms with van der Waals surface area (Å²) in [6, 6.07) is 12.3. The molecule has 0 aliphatic carbocycles. The van der Waals surface area contributed by atoms with Gasteiger partial charge in [0.1, 0.15) is 0 Å². The molecule has 1 aromatic carbocycles. The molecule has 0 bridgehead atoms. The van der Waals surface area contributed by atoms with Gasteiger partial charge in [-0.15, -0.1) is 11.3 Å². The minimum atomic E-state index is 0.175. The van der Waals surface area contributed by atoms with E-state index in [2.05, 4.69) is 39.5 Å². The quantitative estimate of drug-likeness (QED) is 0.909. The molecule has 16 heavy (non-hydrogen) atoms. The van der Waals surface area contributed by atoms with E-state index in [1.807, 2.05) is 18.2 Å². The summed E-state index contributed by atoms with van der Waals surface area (Å²) < 4.78 is 1.07. The predicted octanol–water partition coefficient (Wildman–Crippen LogP) is 3.83. The van der Waals surface area contributed by atoms with Gasteiger partial charge in [0, 0.05) is 15.3 Å². The summed E-state index contributed by atoms with van der Waals surface area (Å²) in [5, 5.41) is 11.6. The van der Waals surface area contributed by atoms with Crippen LogP contribution >= 0.6 is 27.3 Å². The minimum absolute atomic E-state index is 0.175. The lowest BCUT2D eigenvalue weighted by atomic mass is 9.96. The number of aliphatic hydroxyl groups is 1. The fraction of sp³-hybridized carbons (Fsp3) is 0.231. The van der Waals surface area contributed by atoms with Gasteiger partial charge < -0.3 is 5.11 Å². The van der Waals surface area contributed by atoms with Crippen LogP contribution in [-0.2, 0) is 6.42 Å². The number of thiophene rings is 1. The van der Waals surface area contributed by atoms with E-state index < -0.39 is 0 Å². The molecule has 0 aliphatic heterocycles. The van der Waals surface area contributed by atoms with Crippen LogP contribution < -0.4 is 0 Å². The van der Waals surface area contributed by atoms with Crippen molar-refractivity contribution < 1.29 is 5.11 Å². The lowest BCUT2D eigenvalue weighted by Gasteiger charge is -2.15. The third-order valence-corrected chi connectivity index (χ3v) is 4.21. The topological polar surface area (TPSA) is 20.2 Å². The number of hydrogen-bond acceptors (Lipinski definition) is 2. The van der Waals surface area contributed by atoms with Gasteiger partial charge in [-0.3, -0.25) is 0 Å². The van der Waals surface area contributed by atoms with Crippen molar-refractivity contribution in [3.05, 3.63) is 56.7 Å². The SMILES string of the molecule is OCC(Cc1cccs1)c1ccccc1Br. The van der Waals surface area contributed by atoms with Gasteiger partial charge in [0.25, 0.3) is 0 Å². The maximum Gasteiger partial charge on any atom is 0.0503 e. The first-order chi connectivity index (χ1) is 7.81. The zero-order valence-corrected chi connectivity index (χ0v) is 11.2. The molecule has 1 N–H and O–H groups in total. The standard InChI is InChI=1S/C13H13BrOS/c14-13-6-2-1-5-12(13)10(9-15)8-11-4-3-7-16-11/h1-7,10,15H,8-9H2. The average Bonchev–Trinajstić information content (AvgIpc) is 2.80. The van der Waals surface area contributed by atoms with Crippen molar-refractivity contribution >= 4 is 27.3 Å². The van der Waals surface area contributed by atoms with Crippen molar-refractivity contribution in [3.8, 4) is 0 Å². The number of aliphatic hydroxyl groups excluding tert-OH is 1. The molecule has 1 unspecified atom stereocenters. The maximum atomic E-state index is 9.49. The molecule has 1 nitrogen and oxygen atoms in total. The van der Waals surface area contributed by atoms with Gasteiger partial charge in [-0.1, -0.05) is 40.2 Å². The molecule has 1 heterocycles. The number of rotatable bonds is 4. The highest BCUT2D eigenvalue weighted by Gasteiger charge is 2.14. The Balaban J connectivity index is 2.20. The van der Waals surface area contributed by atoms with Gasteiger partial charge >= 0.3 is 0 Å². The molecule has 0 aliphatic rings. The summed E-state index contributed by atoms with van der Waals surface area (Å²) in [7, 11) is 0. The first kappa shape index (κ1) is 11.8. The average molecular weight is 297 g/mol. The summed E-state index contributed by atoms with van der Waals surface area (Å²) in [5.74, 6) is 0.175. The molecule has 3 heteroatoms. The zero-order chi connectivity index (χ0) is 11.4. The van der Waals surface area contributed by atoms with Gasteiger partial charge in [0.2, 0.25) is 0 Å². The van der Waals surface area contributed by atoms with E-state index in [9.17, 15) is 5.11 Å². The van der Waals surface area contributed by atoms with Crippen molar-refractivity contribution in [1.82, 2.24) is 0 Å². The van der Waals surface area contributed by atoms with Crippen LogP contribution in [0.2, 0.25) is 0 Å². The third-order valence-electron chi connectivity index (χ3n) is 2.59. The van der Waals surface area contributed by atoms with Crippen LogP contribution in [0.1, 0.15) is 16.4 Å². The highest BCUT2D eigenvalue weighted by Crippen LogP contribution is 2.28. The Bertz CT molecular complexity index is 439. The Labute approximate surface area is 108 Å². The molecule has 0 spiro atoms. The van der Waals surface area contributed by atoms with Crippen LogP contribution in [0.15, 0.2) is 46.3 Å². The van der Waals surface area contributed by atoms with Crippen molar-refractivity contribution in [3.63, 3.8) is 0 Å². The molecular weight excluding hydrogens is 284 g/mol. The van der Waals surface area contributed by atoms with Crippen LogP contribution in [0.25, 0.3) is 0 Å². The lowest BCUT2D eigenvalue weighted by molar-refractivity contribution is 0.264. The van der Waals surface area contributed by atoms with Crippen molar-refractivity contribution in [2.75, 3.05) is 6.61 Å². The van der Waals surface area contributed by atoms with Gasteiger partial charge in [-0.05, 0) is 29.5 Å². The van der Waals surface area contributed by atoms with E-state index in [0.29, 0.717) is 0 Å². The molecule has 2 aromatic rings. The molecular formula is C13H13BrOS. The fourth-order valence-corrected chi connectivity index (χ4v) is 3.15. The predicted molar refractivity (Wildman–Crippen MR) is 72.0 cm³/mol.